The summed E-state index contributed by atoms with van der Waals surface area (Å²) in [6.45, 7) is 0.372. The quantitative estimate of drug-likeness (QED) is 0.319. The molecule has 0 saturated carbocycles. The molecule has 1 aliphatic heterocycles. The number of carbonyl (C=O) groups is 2. The van der Waals surface area contributed by atoms with Crippen LogP contribution in [0.4, 0.5) is 11.4 Å². The molecule has 204 valence electrons. The Bertz CT molecular complexity index is 1380. The van der Waals surface area contributed by atoms with Gasteiger partial charge in [-0.3, -0.25) is 14.5 Å². The molecule has 0 spiro atoms. The van der Waals surface area contributed by atoms with Crippen molar-refractivity contribution in [2.75, 3.05) is 33.2 Å². The second-order valence-corrected chi connectivity index (χ2v) is 10.5. The van der Waals surface area contributed by atoms with E-state index >= 15 is 0 Å². The molecule has 1 heterocycles. The van der Waals surface area contributed by atoms with Crippen LogP contribution in [0.5, 0.6) is 17.2 Å². The Labute approximate surface area is 241 Å². The predicted molar refractivity (Wildman–Crippen MR) is 156 cm³/mol. The molecular weight excluding hydrogens is 561 g/mol. The zero-order valence-electron chi connectivity index (χ0n) is 21.6. The number of anilines is 1. The molecule has 1 atom stereocenters. The number of hydrogen-bond acceptors (Lipinski definition) is 7. The monoisotopic (exact) mass is 587 g/mol. The number of ether oxygens (including phenoxy) is 3. The number of thioether (sulfide) groups is 1. The molecule has 0 bridgehead atoms. The summed E-state index contributed by atoms with van der Waals surface area (Å²) in [7, 11) is 4.75. The maximum atomic E-state index is 13.4. The zero-order valence-corrected chi connectivity index (χ0v) is 23.9. The molecular formula is C28H27Cl2N3O5S. The lowest BCUT2D eigenvalue weighted by molar-refractivity contribution is -0.129. The highest BCUT2D eigenvalue weighted by Gasteiger charge is 2.36. The summed E-state index contributed by atoms with van der Waals surface area (Å²) in [6, 6.07) is 17.6. The van der Waals surface area contributed by atoms with Gasteiger partial charge in [0, 0.05) is 18.7 Å². The number of halogens is 2. The lowest BCUT2D eigenvalue weighted by Crippen LogP contribution is -2.46. The van der Waals surface area contributed by atoms with Gasteiger partial charge in [0.05, 0.1) is 37.1 Å². The summed E-state index contributed by atoms with van der Waals surface area (Å²) < 4.78 is 16.0. The minimum atomic E-state index is -0.679. The number of aliphatic imine (C=N–C) groups is 1. The highest BCUT2D eigenvalue weighted by Crippen LogP contribution is 2.32. The van der Waals surface area contributed by atoms with Crippen LogP contribution in [0.3, 0.4) is 0 Å². The van der Waals surface area contributed by atoms with E-state index in [0.29, 0.717) is 56.8 Å². The van der Waals surface area contributed by atoms with E-state index in [1.807, 2.05) is 18.2 Å². The average molecular weight is 589 g/mol. The number of amidine groups is 1. The van der Waals surface area contributed by atoms with Crippen LogP contribution in [-0.4, -0.2) is 55.0 Å². The van der Waals surface area contributed by atoms with Gasteiger partial charge in [-0.05, 0) is 66.6 Å². The van der Waals surface area contributed by atoms with Gasteiger partial charge < -0.3 is 19.5 Å². The first kappa shape index (κ1) is 28.6. The third-order valence-electron chi connectivity index (χ3n) is 5.99. The summed E-state index contributed by atoms with van der Waals surface area (Å²) in [4.78, 5) is 32.8. The van der Waals surface area contributed by atoms with Crippen molar-refractivity contribution in [2.45, 2.75) is 18.1 Å². The fourth-order valence-electron chi connectivity index (χ4n) is 3.90. The van der Waals surface area contributed by atoms with Crippen molar-refractivity contribution < 1.29 is 23.8 Å². The van der Waals surface area contributed by atoms with Crippen LogP contribution in [0.2, 0.25) is 10.0 Å². The summed E-state index contributed by atoms with van der Waals surface area (Å²) >= 11 is 13.3. The second-order valence-electron chi connectivity index (χ2n) is 8.51. The maximum Gasteiger partial charge on any atom is 0.238 e. The fraction of sp³-hybridized carbons (Fsp3) is 0.250. The number of hydrogen-bond donors (Lipinski definition) is 1. The Hall–Kier alpha value is -3.40. The third-order valence-corrected chi connectivity index (χ3v) is 7.92. The Balaban J connectivity index is 1.56. The van der Waals surface area contributed by atoms with E-state index in [9.17, 15) is 9.59 Å². The molecule has 4 rings (SSSR count). The van der Waals surface area contributed by atoms with Crippen molar-refractivity contribution >= 4 is 63.3 Å². The van der Waals surface area contributed by atoms with Crippen molar-refractivity contribution in [3.63, 3.8) is 0 Å². The maximum absolute atomic E-state index is 13.4. The topological polar surface area (TPSA) is 89.5 Å². The molecule has 1 saturated heterocycles. The van der Waals surface area contributed by atoms with Crippen molar-refractivity contribution in [3.05, 3.63) is 76.3 Å². The van der Waals surface area contributed by atoms with Crippen LogP contribution >= 0.6 is 35.0 Å². The Morgan fingerprint density at radius 1 is 0.974 bits per heavy atom. The van der Waals surface area contributed by atoms with Crippen LogP contribution in [-0.2, 0) is 16.0 Å². The lowest BCUT2D eigenvalue weighted by atomic mass is 10.1. The average Bonchev–Trinajstić information content (AvgIpc) is 2.94. The lowest BCUT2D eigenvalue weighted by Gasteiger charge is -2.32. The van der Waals surface area contributed by atoms with Crippen molar-refractivity contribution in [1.29, 1.82) is 0 Å². The molecule has 39 heavy (non-hydrogen) atoms. The Morgan fingerprint density at radius 3 is 2.38 bits per heavy atom. The SMILES string of the molecule is COc1ccc(N=C2S[C@H](C(=O)Nc3ccc(Cl)c(Cl)c3)CC(=O)N2CCc2ccc(OC)c(OC)c2)cc1. The molecule has 1 aliphatic rings. The molecule has 0 unspecified atom stereocenters. The van der Waals surface area contributed by atoms with Crippen molar-refractivity contribution in [1.82, 2.24) is 4.90 Å². The predicted octanol–water partition coefficient (Wildman–Crippen LogP) is 6.22. The molecule has 2 amide bonds. The van der Waals surface area contributed by atoms with Crippen LogP contribution in [0.1, 0.15) is 12.0 Å². The number of rotatable bonds is 9. The van der Waals surface area contributed by atoms with Gasteiger partial charge in [-0.2, -0.15) is 0 Å². The normalized spacial score (nSPS) is 16.2. The number of methoxy groups -OCH3 is 3. The minimum Gasteiger partial charge on any atom is -0.497 e. The molecule has 0 aliphatic carbocycles. The van der Waals surface area contributed by atoms with Crippen molar-refractivity contribution in [2.24, 2.45) is 4.99 Å². The number of benzene rings is 3. The van der Waals surface area contributed by atoms with Crippen molar-refractivity contribution in [3.8, 4) is 17.2 Å². The first-order chi connectivity index (χ1) is 18.8. The standard InChI is InChI=1S/C28H27Cl2N3O5S/c1-36-20-8-5-18(6-9-20)32-28-33(13-12-17-4-11-23(37-2)24(14-17)38-3)26(34)16-25(39-28)27(35)31-19-7-10-21(29)22(30)15-19/h4-11,14-15,25H,12-13,16H2,1-3H3,(H,31,35)/t25-/m0/s1. The molecule has 3 aromatic carbocycles. The van der Waals surface area contributed by atoms with E-state index in [4.69, 9.17) is 42.4 Å². The molecule has 1 N–H and O–H groups in total. The molecule has 0 aromatic heterocycles. The molecule has 3 aromatic rings. The fourth-order valence-corrected chi connectivity index (χ4v) is 5.33. The summed E-state index contributed by atoms with van der Waals surface area (Å²) in [6.07, 6.45) is 0.569. The van der Waals surface area contributed by atoms with Gasteiger partial charge in [0.15, 0.2) is 16.7 Å². The van der Waals surface area contributed by atoms with Gasteiger partial charge in [0.2, 0.25) is 11.8 Å². The van der Waals surface area contributed by atoms with Gasteiger partial charge in [0.25, 0.3) is 0 Å². The second kappa shape index (κ2) is 13.1. The largest absolute Gasteiger partial charge is 0.497 e. The van der Waals surface area contributed by atoms with Crippen LogP contribution in [0, 0.1) is 0 Å². The van der Waals surface area contributed by atoms with E-state index < -0.39 is 5.25 Å². The molecule has 11 heteroatoms. The van der Waals surface area contributed by atoms with Crippen LogP contribution in [0.25, 0.3) is 0 Å². The highest BCUT2D eigenvalue weighted by atomic mass is 35.5. The summed E-state index contributed by atoms with van der Waals surface area (Å²) in [5.41, 5.74) is 2.09. The zero-order chi connectivity index (χ0) is 27.9. The van der Waals surface area contributed by atoms with E-state index in [0.717, 1.165) is 5.56 Å². The van der Waals surface area contributed by atoms with Gasteiger partial charge in [-0.1, -0.05) is 41.0 Å². The van der Waals surface area contributed by atoms with E-state index in [1.165, 1.54) is 11.8 Å². The Kier molecular flexibility index (Phi) is 9.61. The molecule has 0 radical (unpaired) electrons. The van der Waals surface area contributed by atoms with E-state index in [-0.39, 0.29) is 18.2 Å². The Morgan fingerprint density at radius 2 is 1.72 bits per heavy atom. The summed E-state index contributed by atoms with van der Waals surface area (Å²) in [5, 5.41) is 3.29. The number of nitrogens with one attached hydrogen (secondary N) is 1. The molecule has 8 nitrogen and oxygen atoms in total. The smallest absolute Gasteiger partial charge is 0.238 e. The number of carbonyl (C=O) groups excluding carboxylic acids is 2. The van der Waals surface area contributed by atoms with Crippen LogP contribution < -0.4 is 19.5 Å². The van der Waals surface area contributed by atoms with Gasteiger partial charge >= 0.3 is 0 Å². The van der Waals surface area contributed by atoms with Gasteiger partial charge in [0.1, 0.15) is 11.0 Å². The number of nitrogens with zero attached hydrogens (tertiary/aromatic N) is 2. The van der Waals surface area contributed by atoms with Gasteiger partial charge in [-0.25, -0.2) is 4.99 Å². The number of amides is 2. The first-order valence-electron chi connectivity index (χ1n) is 12.0. The van der Waals surface area contributed by atoms with Crippen LogP contribution in [0.15, 0.2) is 65.7 Å². The van der Waals surface area contributed by atoms with Gasteiger partial charge in [-0.15, -0.1) is 0 Å². The first-order valence-corrected chi connectivity index (χ1v) is 13.6. The van der Waals surface area contributed by atoms with E-state index in [2.05, 4.69) is 5.32 Å². The summed E-state index contributed by atoms with van der Waals surface area (Å²) in [5.74, 6) is 1.41. The minimum absolute atomic E-state index is 0.0192. The van der Waals surface area contributed by atoms with E-state index in [1.54, 1.807) is 68.7 Å². The highest BCUT2D eigenvalue weighted by molar-refractivity contribution is 8.15. The third kappa shape index (κ3) is 7.17. The molecule has 1 fully saturated rings.